The first kappa shape index (κ1) is 17.6. The summed E-state index contributed by atoms with van der Waals surface area (Å²) in [6.07, 6.45) is 0.524. The molecule has 1 aromatic heterocycles. The summed E-state index contributed by atoms with van der Waals surface area (Å²) in [5, 5.41) is 7.78. The lowest BCUT2D eigenvalue weighted by atomic mass is 10.2. The number of nitrogens with one attached hydrogen (secondary N) is 1. The average Bonchev–Trinajstić information content (AvgIpc) is 3.11. The number of halogens is 1. The van der Waals surface area contributed by atoms with E-state index >= 15 is 0 Å². The minimum Gasteiger partial charge on any atom is -0.486 e. The number of hydrogen-bond acceptors (Lipinski definition) is 5. The van der Waals surface area contributed by atoms with E-state index in [1.807, 2.05) is 30.3 Å². The van der Waals surface area contributed by atoms with E-state index in [4.69, 9.17) is 9.47 Å². The number of aromatic nitrogens is 3. The van der Waals surface area contributed by atoms with Crippen molar-refractivity contribution in [3.63, 3.8) is 0 Å². The van der Waals surface area contributed by atoms with E-state index in [0.717, 1.165) is 18.8 Å². The molecule has 2 aromatic carbocycles. The van der Waals surface area contributed by atoms with Crippen LogP contribution in [0.3, 0.4) is 0 Å². The Balaban J connectivity index is 1.59. The predicted molar refractivity (Wildman–Crippen MR) is 98.4 cm³/mol. The molecule has 0 aliphatic carbocycles. The summed E-state index contributed by atoms with van der Waals surface area (Å²) in [5.41, 5.74) is 0.370. The van der Waals surface area contributed by atoms with Crippen LogP contribution in [0.4, 0.5) is 4.39 Å². The number of morpholine rings is 1. The Morgan fingerprint density at radius 3 is 2.74 bits per heavy atom. The maximum atomic E-state index is 14.3. The standard InChI is InChI=1S/C20H21FN4O2/c21-17-8-4-5-9-18(17)25-20(12-16-13-22-10-11-26-16)23-19(24-25)14-27-15-6-2-1-3-7-15/h1-9,16,22H,10-14H2/t16-/m0/s1. The maximum Gasteiger partial charge on any atom is 0.188 e. The highest BCUT2D eigenvalue weighted by atomic mass is 19.1. The third-order valence-electron chi connectivity index (χ3n) is 4.32. The lowest BCUT2D eigenvalue weighted by molar-refractivity contribution is 0.0277. The molecule has 1 N–H and O–H groups in total. The predicted octanol–water partition coefficient (Wildman–Crippen LogP) is 2.52. The quantitative estimate of drug-likeness (QED) is 0.724. The number of ether oxygens (including phenoxy) is 2. The van der Waals surface area contributed by atoms with E-state index < -0.39 is 0 Å². The molecule has 0 radical (unpaired) electrons. The van der Waals surface area contributed by atoms with Gasteiger partial charge in [0.15, 0.2) is 5.82 Å². The minimum atomic E-state index is -0.345. The molecule has 0 bridgehead atoms. The first-order valence-corrected chi connectivity index (χ1v) is 8.99. The van der Waals surface area contributed by atoms with Crippen LogP contribution < -0.4 is 10.1 Å². The van der Waals surface area contributed by atoms with E-state index in [0.29, 0.717) is 30.4 Å². The Morgan fingerprint density at radius 1 is 1.15 bits per heavy atom. The van der Waals surface area contributed by atoms with Crippen LogP contribution in [0, 0.1) is 5.82 Å². The maximum absolute atomic E-state index is 14.3. The van der Waals surface area contributed by atoms with Gasteiger partial charge in [-0.05, 0) is 24.3 Å². The summed E-state index contributed by atoms with van der Waals surface area (Å²) >= 11 is 0. The molecule has 7 heteroatoms. The lowest BCUT2D eigenvalue weighted by Crippen LogP contribution is -2.40. The Labute approximate surface area is 156 Å². The molecule has 3 aromatic rings. The van der Waals surface area contributed by atoms with Crippen molar-refractivity contribution in [3.8, 4) is 11.4 Å². The molecule has 0 unspecified atom stereocenters. The Morgan fingerprint density at radius 2 is 1.96 bits per heavy atom. The van der Waals surface area contributed by atoms with Gasteiger partial charge in [0.2, 0.25) is 0 Å². The van der Waals surface area contributed by atoms with Gasteiger partial charge in [0.1, 0.15) is 29.7 Å². The first-order valence-electron chi connectivity index (χ1n) is 8.99. The Kier molecular flexibility index (Phi) is 5.41. The monoisotopic (exact) mass is 368 g/mol. The van der Waals surface area contributed by atoms with Crippen molar-refractivity contribution in [2.75, 3.05) is 19.7 Å². The molecule has 1 aliphatic rings. The number of rotatable bonds is 6. The molecular formula is C20H21FN4O2. The first-order chi connectivity index (χ1) is 13.3. The van der Waals surface area contributed by atoms with Crippen molar-refractivity contribution in [2.24, 2.45) is 0 Å². The van der Waals surface area contributed by atoms with Crippen LogP contribution in [0.1, 0.15) is 11.6 Å². The second-order valence-electron chi connectivity index (χ2n) is 6.31. The summed E-state index contributed by atoms with van der Waals surface area (Å²) in [4.78, 5) is 4.59. The van der Waals surface area contributed by atoms with Gasteiger partial charge in [0.25, 0.3) is 0 Å². The van der Waals surface area contributed by atoms with E-state index in [1.54, 1.807) is 22.9 Å². The van der Waals surface area contributed by atoms with Gasteiger partial charge in [-0.1, -0.05) is 30.3 Å². The number of nitrogens with zero attached hydrogens (tertiary/aromatic N) is 3. The van der Waals surface area contributed by atoms with E-state index in [1.165, 1.54) is 6.07 Å². The molecule has 27 heavy (non-hydrogen) atoms. The van der Waals surface area contributed by atoms with Gasteiger partial charge in [0, 0.05) is 19.5 Å². The molecule has 4 rings (SSSR count). The molecule has 1 aliphatic heterocycles. The van der Waals surface area contributed by atoms with Crippen molar-refractivity contribution in [1.29, 1.82) is 0 Å². The average molecular weight is 368 g/mol. The van der Waals surface area contributed by atoms with Gasteiger partial charge in [0.05, 0.1) is 12.7 Å². The number of hydrogen-bond donors (Lipinski definition) is 1. The molecule has 1 fully saturated rings. The van der Waals surface area contributed by atoms with Crippen LogP contribution in [0.5, 0.6) is 5.75 Å². The Hall–Kier alpha value is -2.77. The van der Waals surface area contributed by atoms with Crippen LogP contribution in [-0.2, 0) is 17.8 Å². The fourth-order valence-electron chi connectivity index (χ4n) is 3.02. The van der Waals surface area contributed by atoms with Crippen LogP contribution in [0.25, 0.3) is 5.69 Å². The van der Waals surface area contributed by atoms with Gasteiger partial charge in [-0.2, -0.15) is 0 Å². The third kappa shape index (κ3) is 4.32. The van der Waals surface area contributed by atoms with E-state index in [-0.39, 0.29) is 18.5 Å². The molecule has 140 valence electrons. The molecule has 6 nitrogen and oxygen atoms in total. The molecular weight excluding hydrogens is 347 g/mol. The van der Waals surface area contributed by atoms with Gasteiger partial charge in [-0.3, -0.25) is 0 Å². The van der Waals surface area contributed by atoms with E-state index in [9.17, 15) is 4.39 Å². The number of benzene rings is 2. The van der Waals surface area contributed by atoms with Gasteiger partial charge < -0.3 is 14.8 Å². The lowest BCUT2D eigenvalue weighted by Gasteiger charge is -2.23. The SMILES string of the molecule is Fc1ccccc1-n1nc(COc2ccccc2)nc1C[C@H]1CNCCO1. The van der Waals surface area contributed by atoms with Crippen LogP contribution >= 0.6 is 0 Å². The highest BCUT2D eigenvalue weighted by molar-refractivity contribution is 5.33. The van der Waals surface area contributed by atoms with Gasteiger partial charge >= 0.3 is 0 Å². The summed E-state index contributed by atoms with van der Waals surface area (Å²) in [6, 6.07) is 16.0. The summed E-state index contributed by atoms with van der Waals surface area (Å²) < 4.78 is 27.4. The minimum absolute atomic E-state index is 0.0173. The highest BCUT2D eigenvalue weighted by Gasteiger charge is 2.21. The Bertz CT molecular complexity index is 879. The molecule has 1 atom stereocenters. The molecule has 1 saturated heterocycles. The topological polar surface area (TPSA) is 61.2 Å². The van der Waals surface area contributed by atoms with Crippen molar-refractivity contribution in [1.82, 2.24) is 20.1 Å². The third-order valence-corrected chi connectivity index (χ3v) is 4.32. The zero-order valence-electron chi connectivity index (χ0n) is 14.8. The second kappa shape index (κ2) is 8.28. The zero-order valence-corrected chi connectivity index (χ0v) is 14.8. The smallest absolute Gasteiger partial charge is 0.188 e. The number of para-hydroxylation sites is 2. The second-order valence-corrected chi connectivity index (χ2v) is 6.31. The van der Waals surface area contributed by atoms with Crippen molar-refractivity contribution in [2.45, 2.75) is 19.1 Å². The molecule has 0 saturated carbocycles. The van der Waals surface area contributed by atoms with Crippen LogP contribution in [-0.4, -0.2) is 40.6 Å². The fraction of sp³-hybridized carbons (Fsp3) is 0.300. The van der Waals surface area contributed by atoms with Crippen molar-refractivity contribution in [3.05, 3.63) is 72.1 Å². The molecule has 0 spiro atoms. The highest BCUT2D eigenvalue weighted by Crippen LogP contribution is 2.17. The van der Waals surface area contributed by atoms with Gasteiger partial charge in [-0.15, -0.1) is 5.10 Å². The van der Waals surface area contributed by atoms with Crippen molar-refractivity contribution >= 4 is 0 Å². The van der Waals surface area contributed by atoms with Crippen LogP contribution in [0.15, 0.2) is 54.6 Å². The van der Waals surface area contributed by atoms with Crippen LogP contribution in [0.2, 0.25) is 0 Å². The summed E-state index contributed by atoms with van der Waals surface area (Å²) in [5.74, 6) is 1.55. The fourth-order valence-corrected chi connectivity index (χ4v) is 3.02. The molecule has 0 amide bonds. The van der Waals surface area contributed by atoms with E-state index in [2.05, 4.69) is 15.4 Å². The summed E-state index contributed by atoms with van der Waals surface area (Å²) in [7, 11) is 0. The zero-order chi connectivity index (χ0) is 18.5. The molecule has 2 heterocycles. The largest absolute Gasteiger partial charge is 0.486 e. The summed E-state index contributed by atoms with van der Waals surface area (Å²) in [6.45, 7) is 2.44. The van der Waals surface area contributed by atoms with Gasteiger partial charge in [-0.25, -0.2) is 14.1 Å². The normalized spacial score (nSPS) is 17.0. The van der Waals surface area contributed by atoms with Crippen molar-refractivity contribution < 1.29 is 13.9 Å².